The fourth-order valence-corrected chi connectivity index (χ4v) is 2.09. The van der Waals surface area contributed by atoms with E-state index in [1.165, 1.54) is 0 Å². The van der Waals surface area contributed by atoms with Crippen LogP contribution in [0, 0.1) is 0 Å². The molecule has 90 valence electrons. The largest absolute Gasteiger partial charge is 0.228 e. The fraction of sp³-hybridized carbons (Fsp3) is 0. The lowest BCUT2D eigenvalue weighted by Gasteiger charge is -2.02. The SMILES string of the molecule is c1ccc(-c2ccc3cc4n[nH]nc4nc3n2)cc1. The number of rotatable bonds is 1. The summed E-state index contributed by atoms with van der Waals surface area (Å²) in [6.45, 7) is 0. The van der Waals surface area contributed by atoms with Crippen LogP contribution in [0.5, 0.6) is 0 Å². The second-order valence-electron chi connectivity index (χ2n) is 4.26. The zero-order valence-electron chi connectivity index (χ0n) is 9.91. The number of hydrogen-bond donors (Lipinski definition) is 1. The topological polar surface area (TPSA) is 67.3 Å². The number of nitrogens with one attached hydrogen (secondary N) is 1. The molecule has 19 heavy (non-hydrogen) atoms. The van der Waals surface area contributed by atoms with Crippen molar-refractivity contribution in [1.29, 1.82) is 0 Å². The van der Waals surface area contributed by atoms with Gasteiger partial charge in [0, 0.05) is 10.9 Å². The van der Waals surface area contributed by atoms with Crippen LogP contribution in [-0.2, 0) is 0 Å². The molecule has 1 aromatic carbocycles. The summed E-state index contributed by atoms with van der Waals surface area (Å²) in [5.74, 6) is 0. The van der Waals surface area contributed by atoms with E-state index in [0.717, 1.165) is 22.2 Å². The van der Waals surface area contributed by atoms with Crippen molar-refractivity contribution in [1.82, 2.24) is 25.4 Å². The monoisotopic (exact) mass is 247 g/mol. The maximum absolute atomic E-state index is 4.58. The predicted molar refractivity (Wildman–Crippen MR) is 72.4 cm³/mol. The number of nitrogens with zero attached hydrogens (tertiary/aromatic N) is 4. The Balaban J connectivity index is 1.97. The molecule has 5 nitrogen and oxygen atoms in total. The van der Waals surface area contributed by atoms with Gasteiger partial charge in [-0.3, -0.25) is 0 Å². The first-order valence-electron chi connectivity index (χ1n) is 5.94. The molecule has 4 aromatic rings. The minimum Gasteiger partial charge on any atom is -0.228 e. The summed E-state index contributed by atoms with van der Waals surface area (Å²) in [6, 6.07) is 16.0. The maximum atomic E-state index is 4.58. The average Bonchev–Trinajstić information content (AvgIpc) is 2.92. The quantitative estimate of drug-likeness (QED) is 0.561. The molecule has 3 aromatic heterocycles. The summed E-state index contributed by atoms with van der Waals surface area (Å²) < 4.78 is 0. The summed E-state index contributed by atoms with van der Waals surface area (Å²) >= 11 is 0. The summed E-state index contributed by atoms with van der Waals surface area (Å²) in [4.78, 5) is 8.99. The van der Waals surface area contributed by atoms with E-state index < -0.39 is 0 Å². The van der Waals surface area contributed by atoms with Gasteiger partial charge in [0.05, 0.1) is 5.69 Å². The Labute approximate surface area is 108 Å². The van der Waals surface area contributed by atoms with Gasteiger partial charge in [-0.15, -0.1) is 5.10 Å². The van der Waals surface area contributed by atoms with E-state index in [4.69, 9.17) is 0 Å². The highest BCUT2D eigenvalue weighted by Gasteiger charge is 2.06. The van der Waals surface area contributed by atoms with E-state index in [9.17, 15) is 0 Å². The zero-order chi connectivity index (χ0) is 12.7. The van der Waals surface area contributed by atoms with Crippen molar-refractivity contribution in [2.45, 2.75) is 0 Å². The third-order valence-electron chi connectivity index (χ3n) is 3.03. The van der Waals surface area contributed by atoms with Gasteiger partial charge in [0.1, 0.15) is 5.52 Å². The van der Waals surface area contributed by atoms with Gasteiger partial charge in [0.2, 0.25) is 5.65 Å². The Morgan fingerprint density at radius 3 is 2.58 bits per heavy atom. The van der Waals surface area contributed by atoms with Gasteiger partial charge in [-0.1, -0.05) is 30.3 Å². The van der Waals surface area contributed by atoms with Crippen molar-refractivity contribution in [2.75, 3.05) is 0 Å². The van der Waals surface area contributed by atoms with E-state index >= 15 is 0 Å². The minimum absolute atomic E-state index is 0.588. The molecule has 0 fully saturated rings. The molecular weight excluding hydrogens is 238 g/mol. The van der Waals surface area contributed by atoms with Gasteiger partial charge in [-0.25, -0.2) is 9.97 Å². The van der Waals surface area contributed by atoms with Gasteiger partial charge in [0.25, 0.3) is 0 Å². The predicted octanol–water partition coefficient (Wildman–Crippen LogP) is 2.57. The van der Waals surface area contributed by atoms with E-state index in [-0.39, 0.29) is 0 Å². The maximum Gasteiger partial charge on any atom is 0.203 e. The van der Waals surface area contributed by atoms with Crippen LogP contribution in [0.15, 0.2) is 48.5 Å². The molecule has 5 heteroatoms. The third-order valence-corrected chi connectivity index (χ3v) is 3.03. The molecule has 0 saturated carbocycles. The first kappa shape index (κ1) is 10.1. The van der Waals surface area contributed by atoms with Crippen molar-refractivity contribution in [3.63, 3.8) is 0 Å². The van der Waals surface area contributed by atoms with Gasteiger partial charge in [-0.2, -0.15) is 10.3 Å². The molecule has 0 unspecified atom stereocenters. The van der Waals surface area contributed by atoms with Gasteiger partial charge < -0.3 is 0 Å². The van der Waals surface area contributed by atoms with Crippen LogP contribution in [0.2, 0.25) is 0 Å². The number of benzene rings is 1. The first-order chi connectivity index (χ1) is 9.40. The molecule has 0 bridgehead atoms. The lowest BCUT2D eigenvalue weighted by molar-refractivity contribution is 0.955. The van der Waals surface area contributed by atoms with E-state index in [1.807, 2.05) is 48.5 Å². The molecular formula is C14H9N5. The van der Waals surface area contributed by atoms with Crippen molar-refractivity contribution < 1.29 is 0 Å². The van der Waals surface area contributed by atoms with Crippen LogP contribution in [0.1, 0.15) is 0 Å². The van der Waals surface area contributed by atoms with Crippen LogP contribution in [0.4, 0.5) is 0 Å². The first-order valence-corrected chi connectivity index (χ1v) is 5.94. The Morgan fingerprint density at radius 1 is 0.789 bits per heavy atom. The van der Waals surface area contributed by atoms with Crippen LogP contribution in [-0.4, -0.2) is 25.4 Å². The van der Waals surface area contributed by atoms with Crippen molar-refractivity contribution in [2.24, 2.45) is 0 Å². The molecule has 4 rings (SSSR count). The second kappa shape index (κ2) is 3.84. The van der Waals surface area contributed by atoms with Crippen LogP contribution in [0.3, 0.4) is 0 Å². The lowest BCUT2D eigenvalue weighted by Crippen LogP contribution is -1.88. The average molecular weight is 247 g/mol. The van der Waals surface area contributed by atoms with Crippen molar-refractivity contribution in [3.8, 4) is 11.3 Å². The molecule has 0 aliphatic heterocycles. The molecule has 0 radical (unpaired) electrons. The summed E-state index contributed by atoms with van der Waals surface area (Å²) in [5, 5.41) is 11.5. The minimum atomic E-state index is 0.588. The van der Waals surface area contributed by atoms with Crippen LogP contribution < -0.4 is 0 Å². The molecule has 1 N–H and O–H groups in total. The van der Waals surface area contributed by atoms with E-state index in [1.54, 1.807) is 0 Å². The third kappa shape index (κ3) is 1.63. The highest BCUT2D eigenvalue weighted by Crippen LogP contribution is 2.21. The molecule has 3 heterocycles. The highest BCUT2D eigenvalue weighted by molar-refractivity contribution is 5.87. The van der Waals surface area contributed by atoms with Gasteiger partial charge in [0.15, 0.2) is 5.65 Å². The molecule has 0 aliphatic carbocycles. The molecule has 0 spiro atoms. The number of pyridine rings is 2. The zero-order valence-corrected chi connectivity index (χ0v) is 9.91. The summed E-state index contributed by atoms with van der Waals surface area (Å²) in [7, 11) is 0. The molecule has 0 aliphatic rings. The summed E-state index contributed by atoms with van der Waals surface area (Å²) in [6.07, 6.45) is 0. The highest BCUT2D eigenvalue weighted by atomic mass is 15.3. The number of aromatic nitrogens is 5. The van der Waals surface area contributed by atoms with E-state index in [2.05, 4.69) is 25.4 Å². The molecule has 0 atom stereocenters. The Hall–Kier alpha value is -2.82. The lowest BCUT2D eigenvalue weighted by atomic mass is 10.1. The fourth-order valence-electron chi connectivity index (χ4n) is 2.09. The Morgan fingerprint density at radius 2 is 1.68 bits per heavy atom. The smallest absolute Gasteiger partial charge is 0.203 e. The van der Waals surface area contributed by atoms with Crippen molar-refractivity contribution in [3.05, 3.63) is 48.5 Å². The van der Waals surface area contributed by atoms with Gasteiger partial charge in [-0.05, 0) is 18.2 Å². The number of aromatic amines is 1. The molecule has 0 saturated heterocycles. The van der Waals surface area contributed by atoms with E-state index in [0.29, 0.717) is 11.3 Å². The van der Waals surface area contributed by atoms with Gasteiger partial charge >= 0.3 is 0 Å². The molecule has 0 amide bonds. The number of H-pyrrole nitrogens is 1. The number of hydrogen-bond acceptors (Lipinski definition) is 4. The standard InChI is InChI=1S/C14H9N5/c1-2-4-9(5-3-1)11-7-6-10-8-12-14(18-19-17-12)16-13(10)15-11/h1-8H,(H,15,16,17,18,19). The second-order valence-corrected chi connectivity index (χ2v) is 4.26. The van der Waals surface area contributed by atoms with Crippen LogP contribution >= 0.6 is 0 Å². The normalized spacial score (nSPS) is 11.2. The Kier molecular flexibility index (Phi) is 2.05. The van der Waals surface area contributed by atoms with Crippen molar-refractivity contribution >= 4 is 22.2 Å². The Bertz CT molecular complexity index is 867. The number of fused-ring (bicyclic) bond motifs is 2. The van der Waals surface area contributed by atoms with Crippen LogP contribution in [0.25, 0.3) is 33.5 Å². The summed E-state index contributed by atoms with van der Waals surface area (Å²) in [5.41, 5.74) is 4.00.